The van der Waals surface area contributed by atoms with Crippen LogP contribution in [-0.4, -0.2) is 88.9 Å². The monoisotopic (exact) mass is 382 g/mol. The maximum atomic E-state index is 12.0. The van der Waals surface area contributed by atoms with E-state index >= 15 is 0 Å². The Bertz CT molecular complexity index is 769. The molecule has 0 radical (unpaired) electrons. The van der Waals surface area contributed by atoms with Crippen LogP contribution in [0.5, 0.6) is 0 Å². The van der Waals surface area contributed by atoms with E-state index in [9.17, 15) is 27.9 Å². The Morgan fingerprint density at radius 1 is 1.28 bits per heavy atom. The van der Waals surface area contributed by atoms with Gasteiger partial charge in [0.15, 0.2) is 12.1 Å². The number of hydrogen-bond donors (Lipinski definition) is 3. The third-order valence-electron chi connectivity index (χ3n) is 3.40. The number of esters is 1. The molecular weight excluding hydrogens is 367 g/mol. The normalized spacial score (nSPS) is 20.8. The number of benzene rings is 1. The Hall–Kier alpha value is -1.50. The van der Waals surface area contributed by atoms with Gasteiger partial charge in [0.05, 0.1) is 7.11 Å². The molecule has 25 heavy (non-hydrogen) atoms. The zero-order valence-electron chi connectivity index (χ0n) is 12.3. The Balaban J connectivity index is 0.00000312. The number of methoxy groups -OCH3 is 1. The summed E-state index contributed by atoms with van der Waals surface area (Å²) in [5, 5.41) is 12.0. The summed E-state index contributed by atoms with van der Waals surface area (Å²) in [7, 11) is -4.04. The summed E-state index contributed by atoms with van der Waals surface area (Å²) in [5.41, 5.74) is 0.239. The van der Waals surface area contributed by atoms with Crippen LogP contribution in [0.1, 0.15) is 11.7 Å². The van der Waals surface area contributed by atoms with Gasteiger partial charge in [-0.25, -0.2) is 4.79 Å². The first-order valence-electron chi connectivity index (χ1n) is 6.60. The molecule has 10 nitrogen and oxygen atoms in total. The topological polar surface area (TPSA) is 150 Å². The van der Waals surface area contributed by atoms with Crippen LogP contribution in [0.2, 0.25) is 0 Å². The van der Waals surface area contributed by atoms with Crippen molar-refractivity contribution in [2.24, 2.45) is 0 Å². The van der Waals surface area contributed by atoms with Crippen LogP contribution in [0.3, 0.4) is 0 Å². The van der Waals surface area contributed by atoms with Crippen LogP contribution >= 0.6 is 0 Å². The number of rotatable bonds is 5. The van der Waals surface area contributed by atoms with Gasteiger partial charge in [-0.3, -0.25) is 14.1 Å². The molecule has 0 aromatic heterocycles. The molecule has 0 bridgehead atoms. The molecule has 1 aromatic rings. The van der Waals surface area contributed by atoms with E-state index in [0.717, 1.165) is 7.11 Å². The number of nitrogens with one attached hydrogen (secondary N) is 1. The van der Waals surface area contributed by atoms with Gasteiger partial charge in [0.1, 0.15) is 6.04 Å². The summed E-state index contributed by atoms with van der Waals surface area (Å²) in [4.78, 5) is 35.4. The number of aliphatic hydroxyl groups is 1. The third-order valence-corrected chi connectivity index (χ3v) is 4.31. The average molecular weight is 382 g/mol. The fraction of sp³-hybridized carbons (Fsp3) is 0.308. The van der Waals surface area contributed by atoms with Crippen molar-refractivity contribution in [3.63, 3.8) is 0 Å². The van der Waals surface area contributed by atoms with E-state index < -0.39 is 46.3 Å². The van der Waals surface area contributed by atoms with Crippen molar-refractivity contribution in [3.8, 4) is 0 Å². The predicted molar refractivity (Wildman–Crippen MR) is 84.7 cm³/mol. The second kappa shape index (κ2) is 8.25. The molecule has 1 aromatic carbocycles. The van der Waals surface area contributed by atoms with Gasteiger partial charge in [0.25, 0.3) is 11.8 Å². The first kappa shape index (κ1) is 21.5. The number of ether oxygens (including phenoxy) is 1. The summed E-state index contributed by atoms with van der Waals surface area (Å²) in [6.07, 6.45) is -1.63. The minimum atomic E-state index is -4.99. The summed E-state index contributed by atoms with van der Waals surface area (Å²) >= 11 is 0. The van der Waals surface area contributed by atoms with Crippen molar-refractivity contribution in [1.82, 2.24) is 9.62 Å². The Morgan fingerprint density at radius 2 is 1.84 bits per heavy atom. The van der Waals surface area contributed by atoms with E-state index in [-0.39, 0.29) is 39.4 Å². The van der Waals surface area contributed by atoms with E-state index in [1.165, 1.54) is 12.1 Å². The number of carbonyl (C=O) groups is 3. The summed E-state index contributed by atoms with van der Waals surface area (Å²) in [6.45, 7) is 0. The quantitative estimate of drug-likeness (QED) is 0.224. The van der Waals surface area contributed by atoms with Gasteiger partial charge < -0.3 is 15.2 Å². The number of aliphatic hydroxyl groups excluding tert-OH is 1. The molecule has 1 heterocycles. The number of amides is 2. The fourth-order valence-corrected chi connectivity index (χ4v) is 3.07. The molecule has 12 heteroatoms. The molecule has 132 valence electrons. The molecule has 2 amide bonds. The number of nitrogens with zero attached hydrogens (tertiary/aromatic N) is 1. The van der Waals surface area contributed by atoms with E-state index in [1.54, 1.807) is 18.2 Å². The molecule has 1 saturated heterocycles. The van der Waals surface area contributed by atoms with Crippen LogP contribution in [0.25, 0.3) is 0 Å². The van der Waals surface area contributed by atoms with Gasteiger partial charge in [-0.1, -0.05) is 30.3 Å². The number of hydrogen-bond acceptors (Lipinski definition) is 7. The summed E-state index contributed by atoms with van der Waals surface area (Å²) < 4.78 is 35.5. The number of β-lactam (4-membered cyclic amide) rings is 1. The van der Waals surface area contributed by atoms with Crippen molar-refractivity contribution < 1.29 is 37.2 Å². The molecule has 1 fully saturated rings. The van der Waals surface area contributed by atoms with E-state index in [4.69, 9.17) is 4.55 Å². The van der Waals surface area contributed by atoms with Crippen LogP contribution < -0.4 is 5.32 Å². The molecule has 3 atom stereocenters. The van der Waals surface area contributed by atoms with Gasteiger partial charge in [0, 0.05) is 0 Å². The van der Waals surface area contributed by atoms with Crippen LogP contribution in [0, 0.1) is 0 Å². The Morgan fingerprint density at radius 3 is 2.32 bits per heavy atom. The number of carbonyl (C=O) groups excluding carboxylic acids is 3. The van der Waals surface area contributed by atoms with Crippen molar-refractivity contribution >= 4 is 57.6 Å². The molecule has 1 aliphatic heterocycles. The van der Waals surface area contributed by atoms with E-state index in [0.29, 0.717) is 0 Å². The molecule has 3 unspecified atom stereocenters. The second-order valence-electron chi connectivity index (χ2n) is 4.88. The van der Waals surface area contributed by atoms with Crippen LogP contribution in [0.15, 0.2) is 30.3 Å². The van der Waals surface area contributed by atoms with Gasteiger partial charge in [-0.05, 0) is 5.56 Å². The van der Waals surface area contributed by atoms with Gasteiger partial charge >= 0.3 is 45.8 Å². The Kier molecular flexibility index (Phi) is 7.11. The van der Waals surface area contributed by atoms with Gasteiger partial charge in [-0.15, -0.1) is 0 Å². The van der Waals surface area contributed by atoms with Gasteiger partial charge in [-0.2, -0.15) is 12.7 Å². The third kappa shape index (κ3) is 4.37. The SMILES string of the molecule is COC(=O)C1C(NC(=O)C(O)c2ccccc2)C(=O)N1S(=O)(=O)O.[NaH]. The standard InChI is InChI=1S/C13H14N2O8S.Na.H/c1-23-13(19)9-8(12(18)15(9)24(20,21)22)14-11(17)10(16)7-5-3-2-4-6-7;;/h2-6,8-10,16H,1H3,(H,14,17)(H,20,21,22);;. The van der Waals surface area contributed by atoms with Crippen molar-refractivity contribution in [2.45, 2.75) is 18.2 Å². The van der Waals surface area contributed by atoms with Crippen LogP contribution in [0.4, 0.5) is 0 Å². The first-order chi connectivity index (χ1) is 11.2. The second-order valence-corrected chi connectivity index (χ2v) is 6.17. The molecule has 1 aliphatic rings. The van der Waals surface area contributed by atoms with Gasteiger partial charge in [0.2, 0.25) is 0 Å². The maximum absolute atomic E-state index is 12.0. The summed E-state index contributed by atoms with van der Waals surface area (Å²) in [5.74, 6) is -3.38. The molecule has 0 aliphatic carbocycles. The van der Waals surface area contributed by atoms with E-state index in [1.807, 2.05) is 0 Å². The van der Waals surface area contributed by atoms with E-state index in [2.05, 4.69) is 10.1 Å². The Labute approximate surface area is 165 Å². The molecule has 0 spiro atoms. The predicted octanol–water partition coefficient (Wildman–Crippen LogP) is -2.26. The zero-order valence-corrected chi connectivity index (χ0v) is 13.1. The fourth-order valence-electron chi connectivity index (χ4n) is 2.23. The van der Waals surface area contributed by atoms with Crippen molar-refractivity contribution in [2.75, 3.05) is 7.11 Å². The molecular formula is C13H15N2NaO8S. The van der Waals surface area contributed by atoms with Crippen LogP contribution in [-0.2, 0) is 29.4 Å². The minimum absolute atomic E-state index is 0. The summed E-state index contributed by atoms with van der Waals surface area (Å²) in [6, 6.07) is 4.44. The average Bonchev–Trinajstić information content (AvgIpc) is 2.55. The first-order valence-corrected chi connectivity index (χ1v) is 8.00. The molecule has 2 rings (SSSR count). The van der Waals surface area contributed by atoms with Crippen molar-refractivity contribution in [3.05, 3.63) is 35.9 Å². The molecule has 3 N–H and O–H groups in total. The zero-order chi connectivity index (χ0) is 18.1. The molecule has 0 saturated carbocycles. The van der Waals surface area contributed by atoms with Crippen molar-refractivity contribution in [1.29, 1.82) is 0 Å².